The van der Waals surface area contributed by atoms with Crippen LogP contribution in [0.3, 0.4) is 0 Å². The van der Waals surface area contributed by atoms with Gasteiger partial charge in [-0.15, -0.1) is 11.3 Å². The highest BCUT2D eigenvalue weighted by atomic mass is 32.1. The first-order chi connectivity index (χ1) is 17.0. The van der Waals surface area contributed by atoms with Crippen LogP contribution in [0.1, 0.15) is 63.5 Å². The van der Waals surface area contributed by atoms with Crippen molar-refractivity contribution in [1.82, 2.24) is 15.2 Å². The quantitative estimate of drug-likeness (QED) is 0.540. The monoisotopic (exact) mass is 489 g/mol. The van der Waals surface area contributed by atoms with Crippen LogP contribution in [0, 0.1) is 6.92 Å². The highest BCUT2D eigenvalue weighted by Gasteiger charge is 2.54. The fraction of sp³-hybridized carbons (Fsp3) is 0.393. The first-order valence-electron chi connectivity index (χ1n) is 12.3. The zero-order chi connectivity index (χ0) is 24.4. The summed E-state index contributed by atoms with van der Waals surface area (Å²) < 4.78 is 6.65. The molecule has 2 amide bonds. The average molecular weight is 490 g/mol. The van der Waals surface area contributed by atoms with Gasteiger partial charge in [0.05, 0.1) is 23.6 Å². The molecule has 1 fully saturated rings. The zero-order valence-electron chi connectivity index (χ0n) is 20.2. The number of ether oxygens (including phenoxy) is 1. The number of likely N-dealkylation sites (tertiary alicyclic amines) is 1. The van der Waals surface area contributed by atoms with Crippen LogP contribution in [0.25, 0.3) is 0 Å². The van der Waals surface area contributed by atoms with Crippen LogP contribution in [0.4, 0.5) is 0 Å². The Morgan fingerprint density at radius 3 is 2.63 bits per heavy atom. The number of hydrogen-bond donors (Lipinski definition) is 1. The number of aromatic nitrogens is 1. The summed E-state index contributed by atoms with van der Waals surface area (Å²) in [5.41, 5.74) is 3.09. The molecule has 182 valence electrons. The molecule has 2 atom stereocenters. The Labute approximate surface area is 210 Å². The molecule has 0 unspecified atom stereocenters. The van der Waals surface area contributed by atoms with E-state index < -0.39 is 0 Å². The highest BCUT2D eigenvalue weighted by Crippen LogP contribution is 2.52. The van der Waals surface area contributed by atoms with Crippen molar-refractivity contribution in [3.05, 3.63) is 87.4 Å². The SMILES string of the molecule is CCC(=O)N[C@@H]1c2ccccc2C2(CCN(C(=O)c3ccc(C)s3)CC2)[C@H]1OCc1cccnc1. The predicted octanol–water partition coefficient (Wildman–Crippen LogP) is 4.79. The first-order valence-corrected chi connectivity index (χ1v) is 13.1. The van der Waals surface area contributed by atoms with Gasteiger partial charge in [0.25, 0.3) is 5.91 Å². The lowest BCUT2D eigenvalue weighted by Gasteiger charge is -2.44. The second-order valence-electron chi connectivity index (χ2n) is 9.44. The zero-order valence-corrected chi connectivity index (χ0v) is 21.0. The van der Waals surface area contributed by atoms with Gasteiger partial charge in [0, 0.05) is 42.2 Å². The Bertz CT molecular complexity index is 1200. The molecule has 1 aromatic carbocycles. The van der Waals surface area contributed by atoms with Crippen LogP contribution < -0.4 is 5.32 Å². The van der Waals surface area contributed by atoms with Gasteiger partial charge in [-0.05, 0) is 54.7 Å². The maximum absolute atomic E-state index is 13.1. The summed E-state index contributed by atoms with van der Waals surface area (Å²) in [4.78, 5) is 33.8. The van der Waals surface area contributed by atoms with Gasteiger partial charge in [-0.3, -0.25) is 14.6 Å². The number of carbonyl (C=O) groups is 2. The summed E-state index contributed by atoms with van der Waals surface area (Å²) in [6, 6.07) is 16.0. The number of hydrogen-bond acceptors (Lipinski definition) is 5. The second-order valence-corrected chi connectivity index (χ2v) is 10.7. The number of fused-ring (bicyclic) bond motifs is 2. The number of amides is 2. The molecular weight excluding hydrogens is 458 g/mol. The molecule has 6 nitrogen and oxygen atoms in total. The molecule has 1 aliphatic carbocycles. The van der Waals surface area contributed by atoms with Crippen molar-refractivity contribution in [2.75, 3.05) is 13.1 Å². The third-order valence-corrected chi connectivity index (χ3v) is 8.35. The highest BCUT2D eigenvalue weighted by molar-refractivity contribution is 7.13. The van der Waals surface area contributed by atoms with Crippen molar-refractivity contribution in [3.8, 4) is 0 Å². The Balaban J connectivity index is 1.44. The van der Waals surface area contributed by atoms with Crippen LogP contribution in [0.15, 0.2) is 60.9 Å². The van der Waals surface area contributed by atoms with Crippen LogP contribution in [-0.4, -0.2) is 40.9 Å². The molecular formula is C28H31N3O3S. The van der Waals surface area contributed by atoms with Crippen LogP contribution in [-0.2, 0) is 21.6 Å². The van der Waals surface area contributed by atoms with E-state index in [1.54, 1.807) is 17.5 Å². The van der Waals surface area contributed by atoms with E-state index in [1.165, 1.54) is 5.56 Å². The van der Waals surface area contributed by atoms with E-state index in [0.29, 0.717) is 26.1 Å². The van der Waals surface area contributed by atoms with Gasteiger partial charge in [0.2, 0.25) is 5.91 Å². The predicted molar refractivity (Wildman–Crippen MR) is 136 cm³/mol. The Morgan fingerprint density at radius 1 is 1.14 bits per heavy atom. The van der Waals surface area contributed by atoms with Gasteiger partial charge < -0.3 is 15.0 Å². The molecule has 1 saturated heterocycles. The number of nitrogens with zero attached hydrogens (tertiary/aromatic N) is 2. The normalized spacial score (nSPS) is 20.6. The molecule has 2 aliphatic rings. The number of benzene rings is 1. The van der Waals surface area contributed by atoms with E-state index in [2.05, 4.69) is 28.5 Å². The van der Waals surface area contributed by atoms with Crippen LogP contribution in [0.5, 0.6) is 0 Å². The van der Waals surface area contributed by atoms with Crippen molar-refractivity contribution >= 4 is 23.2 Å². The summed E-state index contributed by atoms with van der Waals surface area (Å²) in [7, 11) is 0. The molecule has 7 heteroatoms. The lowest BCUT2D eigenvalue weighted by Crippen LogP contribution is -2.51. The van der Waals surface area contributed by atoms with Gasteiger partial charge in [-0.1, -0.05) is 37.3 Å². The summed E-state index contributed by atoms with van der Waals surface area (Å²) >= 11 is 1.55. The van der Waals surface area contributed by atoms with Gasteiger partial charge in [-0.25, -0.2) is 0 Å². The lowest BCUT2D eigenvalue weighted by atomic mass is 9.71. The minimum atomic E-state index is -0.271. The summed E-state index contributed by atoms with van der Waals surface area (Å²) in [5.74, 6) is 0.116. The summed E-state index contributed by atoms with van der Waals surface area (Å²) in [6.45, 7) is 5.63. The van der Waals surface area contributed by atoms with E-state index in [-0.39, 0.29) is 29.4 Å². The molecule has 0 bridgehead atoms. The van der Waals surface area contributed by atoms with Crippen molar-refractivity contribution in [2.24, 2.45) is 0 Å². The lowest BCUT2D eigenvalue weighted by molar-refractivity contribution is -0.123. The third kappa shape index (κ3) is 4.50. The maximum atomic E-state index is 13.1. The molecule has 1 spiro atoms. The Kier molecular flexibility index (Phi) is 6.71. The van der Waals surface area contributed by atoms with Crippen molar-refractivity contribution in [1.29, 1.82) is 0 Å². The third-order valence-electron chi connectivity index (χ3n) is 7.36. The summed E-state index contributed by atoms with van der Waals surface area (Å²) in [6.07, 6.45) is 5.34. The topological polar surface area (TPSA) is 71.5 Å². The molecule has 0 radical (unpaired) electrons. The van der Waals surface area contributed by atoms with Gasteiger partial charge in [0.1, 0.15) is 0 Å². The molecule has 3 heterocycles. The van der Waals surface area contributed by atoms with E-state index in [4.69, 9.17) is 4.74 Å². The largest absolute Gasteiger partial charge is 0.370 e. The van der Waals surface area contributed by atoms with E-state index in [0.717, 1.165) is 33.7 Å². The molecule has 2 aromatic heterocycles. The maximum Gasteiger partial charge on any atom is 0.263 e. The molecule has 1 N–H and O–H groups in total. The molecule has 35 heavy (non-hydrogen) atoms. The van der Waals surface area contributed by atoms with Crippen molar-refractivity contribution in [3.63, 3.8) is 0 Å². The standard InChI is InChI=1S/C28H31N3O3S/c1-3-24(32)30-25-21-8-4-5-9-22(21)28(26(25)34-18-20-7-6-14-29-17-20)12-15-31(16-13-28)27(33)23-11-10-19(2)35-23/h4-11,14,17,25-26H,3,12-13,15-16,18H2,1-2H3,(H,30,32)/t25-,26+/m1/s1. The average Bonchev–Trinajstić information content (AvgIpc) is 3.43. The smallest absolute Gasteiger partial charge is 0.263 e. The number of pyridine rings is 1. The van der Waals surface area contributed by atoms with Gasteiger partial charge in [-0.2, -0.15) is 0 Å². The fourth-order valence-electron chi connectivity index (χ4n) is 5.58. The molecule has 0 saturated carbocycles. The fourth-order valence-corrected chi connectivity index (χ4v) is 6.41. The number of rotatable bonds is 6. The molecule has 1 aliphatic heterocycles. The minimum absolute atomic E-state index is 0.0116. The van der Waals surface area contributed by atoms with Crippen molar-refractivity contribution < 1.29 is 14.3 Å². The Hall–Kier alpha value is -3.03. The molecule has 5 rings (SSSR count). The summed E-state index contributed by atoms with van der Waals surface area (Å²) in [5, 5.41) is 3.25. The number of thiophene rings is 1. The van der Waals surface area contributed by atoms with E-state index in [1.807, 2.05) is 55.3 Å². The number of nitrogens with one attached hydrogen (secondary N) is 1. The van der Waals surface area contributed by atoms with Crippen LogP contribution >= 0.6 is 11.3 Å². The Morgan fingerprint density at radius 2 is 1.94 bits per heavy atom. The van der Waals surface area contributed by atoms with Gasteiger partial charge >= 0.3 is 0 Å². The number of piperidine rings is 1. The van der Waals surface area contributed by atoms with Gasteiger partial charge in [0.15, 0.2) is 0 Å². The van der Waals surface area contributed by atoms with E-state index in [9.17, 15) is 9.59 Å². The van der Waals surface area contributed by atoms with E-state index >= 15 is 0 Å². The first kappa shape index (κ1) is 23.7. The minimum Gasteiger partial charge on any atom is -0.370 e. The number of carbonyl (C=O) groups excluding carboxylic acids is 2. The van der Waals surface area contributed by atoms with Crippen LogP contribution in [0.2, 0.25) is 0 Å². The second kappa shape index (κ2) is 9.91. The number of aryl methyl sites for hydroxylation is 1. The molecule has 3 aromatic rings. The van der Waals surface area contributed by atoms with Crippen molar-refractivity contribution in [2.45, 2.75) is 57.3 Å².